The Bertz CT molecular complexity index is 816. The van der Waals surface area contributed by atoms with Crippen LogP contribution in [0.4, 0.5) is 0 Å². The van der Waals surface area contributed by atoms with E-state index in [2.05, 4.69) is 66.7 Å². The molecular formula is C33H56O3. The maximum Gasteiger partial charge on any atom is 0.105 e. The van der Waals surface area contributed by atoms with E-state index in [0.717, 1.165) is 32.1 Å². The minimum Gasteiger partial charge on any atom is -0.393 e. The van der Waals surface area contributed by atoms with E-state index < -0.39 is 11.7 Å². The third-order valence-electron chi connectivity index (χ3n) is 11.7. The zero-order valence-corrected chi connectivity index (χ0v) is 24.4. The SMILES string of the molecule is CCCCO[C@@H]1C=C2[C@@H]3CC[C@H]([C@H](C)/C=C/[C@@H](CC)C(C)C)[C@@]3(C)CC[C@@H]2[C@@]2(C)CC[C@H](O)C[C@]12O. The predicted octanol–water partition coefficient (Wildman–Crippen LogP) is 7.71. The van der Waals surface area contributed by atoms with Gasteiger partial charge in [-0.3, -0.25) is 0 Å². The second-order valence-corrected chi connectivity index (χ2v) is 13.9. The number of rotatable bonds is 9. The lowest BCUT2D eigenvalue weighted by Crippen LogP contribution is -2.66. The Balaban J connectivity index is 1.63. The Morgan fingerprint density at radius 2 is 1.78 bits per heavy atom. The first-order chi connectivity index (χ1) is 17.0. The van der Waals surface area contributed by atoms with Crippen molar-refractivity contribution < 1.29 is 14.9 Å². The molecular weight excluding hydrogens is 444 g/mol. The summed E-state index contributed by atoms with van der Waals surface area (Å²) < 4.78 is 6.47. The van der Waals surface area contributed by atoms with E-state index in [0.29, 0.717) is 54.0 Å². The summed E-state index contributed by atoms with van der Waals surface area (Å²) in [5.74, 6) is 3.69. The molecule has 0 unspecified atom stereocenters. The quantitative estimate of drug-likeness (QED) is 0.252. The van der Waals surface area contributed by atoms with Gasteiger partial charge in [-0.05, 0) is 92.3 Å². The Morgan fingerprint density at radius 1 is 1.03 bits per heavy atom. The van der Waals surface area contributed by atoms with Crippen molar-refractivity contribution in [3.63, 3.8) is 0 Å². The van der Waals surface area contributed by atoms with Crippen LogP contribution in [-0.2, 0) is 4.74 Å². The van der Waals surface area contributed by atoms with Gasteiger partial charge in [-0.2, -0.15) is 0 Å². The molecule has 3 nitrogen and oxygen atoms in total. The Morgan fingerprint density at radius 3 is 2.44 bits per heavy atom. The molecule has 0 aromatic carbocycles. The molecule has 0 bridgehead atoms. The van der Waals surface area contributed by atoms with Crippen LogP contribution < -0.4 is 0 Å². The number of hydrogen-bond donors (Lipinski definition) is 2. The van der Waals surface area contributed by atoms with Crippen molar-refractivity contribution in [3.8, 4) is 0 Å². The summed E-state index contributed by atoms with van der Waals surface area (Å²) in [7, 11) is 0. The number of allylic oxidation sites excluding steroid dienone is 3. The van der Waals surface area contributed by atoms with E-state index in [1.807, 2.05) is 0 Å². The summed E-state index contributed by atoms with van der Waals surface area (Å²) in [4.78, 5) is 0. The average molecular weight is 501 g/mol. The van der Waals surface area contributed by atoms with Gasteiger partial charge in [0.1, 0.15) is 11.7 Å². The molecule has 2 N–H and O–H groups in total. The Hall–Kier alpha value is -0.640. The number of hydrogen-bond acceptors (Lipinski definition) is 3. The molecule has 3 saturated carbocycles. The summed E-state index contributed by atoms with van der Waals surface area (Å²) in [6.45, 7) is 17.2. The third kappa shape index (κ3) is 4.68. The molecule has 0 saturated heterocycles. The molecule has 4 aliphatic carbocycles. The fourth-order valence-electron chi connectivity index (χ4n) is 9.25. The summed E-state index contributed by atoms with van der Waals surface area (Å²) in [5, 5.41) is 22.8. The van der Waals surface area contributed by atoms with Crippen molar-refractivity contribution in [2.75, 3.05) is 6.61 Å². The van der Waals surface area contributed by atoms with Gasteiger partial charge < -0.3 is 14.9 Å². The lowest BCUT2D eigenvalue weighted by Gasteiger charge is -2.62. The highest BCUT2D eigenvalue weighted by molar-refractivity contribution is 5.33. The third-order valence-corrected chi connectivity index (χ3v) is 11.7. The molecule has 0 aromatic rings. The van der Waals surface area contributed by atoms with Gasteiger partial charge in [0.25, 0.3) is 0 Å². The summed E-state index contributed by atoms with van der Waals surface area (Å²) in [5.41, 5.74) is 0.727. The summed E-state index contributed by atoms with van der Waals surface area (Å²) in [6.07, 6.45) is 17.1. The Labute approximate surface area is 222 Å². The molecule has 0 spiro atoms. The molecule has 0 heterocycles. The highest BCUT2D eigenvalue weighted by atomic mass is 16.5. The lowest BCUT2D eigenvalue weighted by molar-refractivity contribution is -0.221. The average Bonchev–Trinajstić information content (AvgIpc) is 3.18. The topological polar surface area (TPSA) is 49.7 Å². The fourth-order valence-corrected chi connectivity index (χ4v) is 9.25. The first-order valence-corrected chi connectivity index (χ1v) is 15.4. The van der Waals surface area contributed by atoms with E-state index >= 15 is 0 Å². The molecule has 3 fully saturated rings. The second-order valence-electron chi connectivity index (χ2n) is 13.9. The number of unbranched alkanes of at least 4 members (excludes halogenated alkanes) is 1. The molecule has 36 heavy (non-hydrogen) atoms. The van der Waals surface area contributed by atoms with Gasteiger partial charge in [-0.1, -0.05) is 78.7 Å². The van der Waals surface area contributed by atoms with E-state index in [9.17, 15) is 10.2 Å². The summed E-state index contributed by atoms with van der Waals surface area (Å²) >= 11 is 0. The maximum atomic E-state index is 12.2. The fraction of sp³-hybridized carbons (Fsp3) is 0.879. The van der Waals surface area contributed by atoms with Crippen LogP contribution in [0.25, 0.3) is 0 Å². The number of aliphatic hydroxyl groups is 2. The van der Waals surface area contributed by atoms with Crippen LogP contribution in [0.2, 0.25) is 0 Å². The van der Waals surface area contributed by atoms with Crippen LogP contribution >= 0.6 is 0 Å². The van der Waals surface area contributed by atoms with Crippen LogP contribution in [0.1, 0.15) is 113 Å². The van der Waals surface area contributed by atoms with Gasteiger partial charge >= 0.3 is 0 Å². The van der Waals surface area contributed by atoms with E-state index in [-0.39, 0.29) is 11.5 Å². The van der Waals surface area contributed by atoms with Crippen molar-refractivity contribution in [2.45, 2.75) is 130 Å². The molecule has 0 radical (unpaired) electrons. The normalized spacial score (nSPS) is 44.2. The van der Waals surface area contributed by atoms with Gasteiger partial charge in [0, 0.05) is 18.4 Å². The zero-order chi connectivity index (χ0) is 26.3. The molecule has 0 amide bonds. The van der Waals surface area contributed by atoms with Crippen molar-refractivity contribution in [1.29, 1.82) is 0 Å². The van der Waals surface area contributed by atoms with E-state index in [1.165, 1.54) is 25.7 Å². The standard InChI is InChI=1S/C33H56O3/c1-8-10-19-36-30-20-26-28-14-13-27(23(5)11-12-24(9-2)22(3)4)31(28,6)17-16-29(26)32(7)18-15-25(34)21-33(30,32)35/h11-12,20,22-25,27-30,34-35H,8-10,13-19,21H2,1-7H3/b12-11+/t23-,24-,25+,27-,28+,29+,30-,31-,32-,33+/m1/s1. The minimum atomic E-state index is -0.972. The molecule has 206 valence electrons. The second kappa shape index (κ2) is 10.9. The molecule has 3 heteroatoms. The number of aliphatic hydroxyl groups excluding tert-OH is 1. The zero-order valence-electron chi connectivity index (χ0n) is 24.4. The van der Waals surface area contributed by atoms with Gasteiger partial charge in [-0.25, -0.2) is 0 Å². The molecule has 0 aromatic heterocycles. The smallest absolute Gasteiger partial charge is 0.105 e. The molecule has 4 aliphatic rings. The van der Waals surface area contributed by atoms with Crippen molar-refractivity contribution in [3.05, 3.63) is 23.8 Å². The number of fused-ring (bicyclic) bond motifs is 5. The van der Waals surface area contributed by atoms with Crippen molar-refractivity contribution >= 4 is 0 Å². The minimum absolute atomic E-state index is 0.219. The van der Waals surface area contributed by atoms with Crippen LogP contribution in [0.3, 0.4) is 0 Å². The number of ether oxygens (including phenoxy) is 1. The van der Waals surface area contributed by atoms with Gasteiger partial charge in [-0.15, -0.1) is 0 Å². The molecule has 4 rings (SSSR count). The lowest BCUT2D eigenvalue weighted by atomic mass is 9.45. The van der Waals surface area contributed by atoms with E-state index in [1.54, 1.807) is 5.57 Å². The van der Waals surface area contributed by atoms with Gasteiger partial charge in [0.2, 0.25) is 0 Å². The van der Waals surface area contributed by atoms with Crippen molar-refractivity contribution in [1.82, 2.24) is 0 Å². The van der Waals surface area contributed by atoms with Crippen molar-refractivity contribution in [2.24, 2.45) is 46.3 Å². The monoisotopic (exact) mass is 500 g/mol. The largest absolute Gasteiger partial charge is 0.393 e. The van der Waals surface area contributed by atoms with Crippen LogP contribution in [0.5, 0.6) is 0 Å². The molecule has 0 aliphatic heterocycles. The summed E-state index contributed by atoms with van der Waals surface area (Å²) in [6, 6.07) is 0. The van der Waals surface area contributed by atoms with Gasteiger partial charge in [0.15, 0.2) is 0 Å². The maximum absolute atomic E-state index is 12.2. The van der Waals surface area contributed by atoms with Crippen LogP contribution in [0, 0.1) is 46.3 Å². The molecule has 10 atom stereocenters. The van der Waals surface area contributed by atoms with Gasteiger partial charge in [0.05, 0.1) is 6.10 Å². The van der Waals surface area contributed by atoms with E-state index in [4.69, 9.17) is 4.74 Å². The highest BCUT2D eigenvalue weighted by Crippen LogP contribution is 2.67. The predicted molar refractivity (Wildman–Crippen MR) is 150 cm³/mol. The Kier molecular flexibility index (Phi) is 8.55. The first kappa shape index (κ1) is 28.4. The van der Waals surface area contributed by atoms with Crippen LogP contribution in [0.15, 0.2) is 23.8 Å². The van der Waals surface area contributed by atoms with Crippen LogP contribution in [-0.4, -0.2) is 34.6 Å². The first-order valence-electron chi connectivity index (χ1n) is 15.4. The highest BCUT2D eigenvalue weighted by Gasteiger charge is 2.65.